The summed E-state index contributed by atoms with van der Waals surface area (Å²) < 4.78 is 4.97. The number of aromatic carboxylic acids is 1. The predicted octanol–water partition coefficient (Wildman–Crippen LogP) is 2.45. The zero-order chi connectivity index (χ0) is 14.5. The summed E-state index contributed by atoms with van der Waals surface area (Å²) in [5.41, 5.74) is 0.970. The van der Waals surface area contributed by atoms with Crippen LogP contribution in [0.15, 0.2) is 30.6 Å². The average Bonchev–Trinajstić information content (AvgIpc) is 2.46. The summed E-state index contributed by atoms with van der Waals surface area (Å²) in [4.78, 5) is 18.8. The Bertz CT molecular complexity index is 617. The molecule has 0 aromatic carbocycles. The van der Waals surface area contributed by atoms with E-state index in [1.54, 1.807) is 19.4 Å². The van der Waals surface area contributed by atoms with E-state index in [-0.39, 0.29) is 10.6 Å². The number of halogens is 1. The van der Waals surface area contributed by atoms with E-state index in [2.05, 4.69) is 15.3 Å². The van der Waals surface area contributed by atoms with E-state index in [9.17, 15) is 4.79 Å². The fraction of sp³-hybridized carbons (Fsp3) is 0.154. The highest BCUT2D eigenvalue weighted by atomic mass is 35.5. The summed E-state index contributed by atoms with van der Waals surface area (Å²) in [5.74, 6) is -0.103. The Morgan fingerprint density at radius 3 is 2.75 bits per heavy atom. The second-order valence-electron chi connectivity index (χ2n) is 3.92. The number of carbonyl (C=O) groups is 1. The van der Waals surface area contributed by atoms with Gasteiger partial charge in [0.2, 0.25) is 5.88 Å². The number of carboxylic acids is 1. The monoisotopic (exact) mass is 293 g/mol. The number of nitrogens with zero attached hydrogens (tertiary/aromatic N) is 2. The molecule has 0 aliphatic carbocycles. The van der Waals surface area contributed by atoms with Gasteiger partial charge < -0.3 is 15.2 Å². The molecule has 0 spiro atoms. The maximum atomic E-state index is 10.8. The van der Waals surface area contributed by atoms with Crippen molar-refractivity contribution in [2.45, 2.75) is 6.54 Å². The van der Waals surface area contributed by atoms with Gasteiger partial charge in [-0.1, -0.05) is 17.7 Å². The van der Waals surface area contributed by atoms with Crippen LogP contribution in [0, 0.1) is 0 Å². The van der Waals surface area contributed by atoms with Crippen LogP contribution in [0.2, 0.25) is 5.02 Å². The third kappa shape index (κ3) is 3.36. The van der Waals surface area contributed by atoms with Crippen LogP contribution < -0.4 is 10.1 Å². The molecule has 104 valence electrons. The smallest absolute Gasteiger partial charge is 0.337 e. The first-order chi connectivity index (χ1) is 9.60. The van der Waals surface area contributed by atoms with Crippen LogP contribution in [-0.2, 0) is 6.54 Å². The lowest BCUT2D eigenvalue weighted by atomic mass is 10.2. The molecule has 0 unspecified atom stereocenters. The van der Waals surface area contributed by atoms with E-state index in [1.807, 2.05) is 6.07 Å². The first-order valence-corrected chi connectivity index (χ1v) is 6.09. The highest BCUT2D eigenvalue weighted by Crippen LogP contribution is 2.20. The van der Waals surface area contributed by atoms with E-state index in [0.29, 0.717) is 18.2 Å². The lowest BCUT2D eigenvalue weighted by molar-refractivity contribution is 0.0696. The largest absolute Gasteiger partial charge is 0.481 e. The van der Waals surface area contributed by atoms with Crippen LogP contribution in [0.4, 0.5) is 5.82 Å². The second-order valence-corrected chi connectivity index (χ2v) is 4.33. The SMILES string of the molecule is COc1ccc(CNc2ncc(C(=O)O)cc2Cl)cn1. The average molecular weight is 294 g/mol. The van der Waals surface area contributed by atoms with E-state index in [1.165, 1.54) is 12.3 Å². The summed E-state index contributed by atoms with van der Waals surface area (Å²) >= 11 is 5.96. The van der Waals surface area contributed by atoms with Crippen molar-refractivity contribution in [3.63, 3.8) is 0 Å². The van der Waals surface area contributed by atoms with E-state index >= 15 is 0 Å². The quantitative estimate of drug-likeness (QED) is 0.881. The highest BCUT2D eigenvalue weighted by Gasteiger charge is 2.08. The Hall–Kier alpha value is -2.34. The van der Waals surface area contributed by atoms with Crippen LogP contribution in [0.1, 0.15) is 15.9 Å². The topological polar surface area (TPSA) is 84.3 Å². The first-order valence-electron chi connectivity index (χ1n) is 5.72. The standard InChI is InChI=1S/C13H12ClN3O3/c1-20-11-3-2-8(5-15-11)6-16-12-10(14)4-9(7-17-12)13(18)19/h2-5,7H,6H2,1H3,(H,16,17)(H,18,19). The van der Waals surface area contributed by atoms with Crippen molar-refractivity contribution in [1.29, 1.82) is 0 Å². The molecule has 2 N–H and O–H groups in total. The molecule has 7 heteroatoms. The lowest BCUT2D eigenvalue weighted by Crippen LogP contribution is -2.04. The molecule has 2 rings (SSSR count). The van der Waals surface area contributed by atoms with Crippen LogP contribution >= 0.6 is 11.6 Å². The maximum Gasteiger partial charge on any atom is 0.337 e. The van der Waals surface area contributed by atoms with Gasteiger partial charge in [-0.15, -0.1) is 0 Å². The number of carboxylic acid groups (broad SMARTS) is 1. The van der Waals surface area contributed by atoms with Gasteiger partial charge >= 0.3 is 5.97 Å². The Labute approximate surface area is 120 Å². The summed E-state index contributed by atoms with van der Waals surface area (Å²) in [7, 11) is 1.55. The second kappa shape index (κ2) is 6.21. The van der Waals surface area contributed by atoms with Crippen molar-refractivity contribution < 1.29 is 14.6 Å². The Morgan fingerprint density at radius 1 is 1.40 bits per heavy atom. The van der Waals surface area contributed by atoms with Crippen molar-refractivity contribution >= 4 is 23.4 Å². The van der Waals surface area contributed by atoms with Crippen molar-refractivity contribution in [3.05, 3.63) is 46.7 Å². The molecular weight excluding hydrogens is 282 g/mol. The van der Waals surface area contributed by atoms with Gasteiger partial charge in [0, 0.05) is 25.0 Å². The number of aromatic nitrogens is 2. The summed E-state index contributed by atoms with van der Waals surface area (Å²) in [6, 6.07) is 4.96. The summed E-state index contributed by atoms with van der Waals surface area (Å²) in [5, 5.41) is 12.1. The van der Waals surface area contributed by atoms with Gasteiger partial charge in [0.1, 0.15) is 5.82 Å². The molecule has 0 atom stereocenters. The van der Waals surface area contributed by atoms with E-state index in [4.69, 9.17) is 21.4 Å². The van der Waals surface area contributed by atoms with Crippen molar-refractivity contribution in [2.75, 3.05) is 12.4 Å². The summed E-state index contributed by atoms with van der Waals surface area (Å²) in [6.07, 6.45) is 2.92. The number of nitrogens with one attached hydrogen (secondary N) is 1. The van der Waals surface area contributed by atoms with Gasteiger partial charge in [-0.2, -0.15) is 0 Å². The highest BCUT2D eigenvalue weighted by molar-refractivity contribution is 6.33. The Kier molecular flexibility index (Phi) is 4.37. The van der Waals surface area contributed by atoms with Crippen LogP contribution in [0.25, 0.3) is 0 Å². The minimum Gasteiger partial charge on any atom is -0.481 e. The Morgan fingerprint density at radius 2 is 2.20 bits per heavy atom. The molecule has 0 saturated carbocycles. The lowest BCUT2D eigenvalue weighted by Gasteiger charge is -2.08. The number of hydrogen-bond donors (Lipinski definition) is 2. The molecule has 0 aliphatic heterocycles. The molecule has 0 saturated heterocycles. The van der Waals surface area contributed by atoms with Crippen LogP contribution in [0.3, 0.4) is 0 Å². The van der Waals surface area contributed by atoms with Gasteiger partial charge in [-0.25, -0.2) is 14.8 Å². The molecule has 0 fully saturated rings. The normalized spacial score (nSPS) is 10.1. The summed E-state index contributed by atoms with van der Waals surface area (Å²) in [6.45, 7) is 0.468. The number of hydrogen-bond acceptors (Lipinski definition) is 5. The zero-order valence-electron chi connectivity index (χ0n) is 10.6. The van der Waals surface area contributed by atoms with Crippen molar-refractivity contribution in [1.82, 2.24) is 9.97 Å². The Balaban J connectivity index is 2.04. The molecular formula is C13H12ClN3O3. The van der Waals surface area contributed by atoms with Gasteiger partial charge in [0.05, 0.1) is 17.7 Å². The number of ether oxygens (including phenoxy) is 1. The fourth-order valence-corrected chi connectivity index (χ4v) is 1.74. The van der Waals surface area contributed by atoms with Crippen LogP contribution in [-0.4, -0.2) is 28.2 Å². The van der Waals surface area contributed by atoms with Gasteiger partial charge in [-0.3, -0.25) is 0 Å². The van der Waals surface area contributed by atoms with E-state index < -0.39 is 5.97 Å². The molecule has 2 heterocycles. The number of methoxy groups -OCH3 is 1. The van der Waals surface area contributed by atoms with E-state index in [0.717, 1.165) is 5.56 Å². The van der Waals surface area contributed by atoms with Gasteiger partial charge in [0.25, 0.3) is 0 Å². The number of rotatable bonds is 5. The molecule has 0 amide bonds. The molecule has 0 radical (unpaired) electrons. The minimum atomic E-state index is -1.06. The third-order valence-electron chi connectivity index (χ3n) is 2.55. The fourth-order valence-electron chi connectivity index (χ4n) is 1.51. The molecule has 2 aromatic rings. The number of anilines is 1. The molecule has 0 bridgehead atoms. The minimum absolute atomic E-state index is 0.0478. The predicted molar refractivity (Wildman–Crippen MR) is 74.3 cm³/mol. The number of pyridine rings is 2. The zero-order valence-corrected chi connectivity index (χ0v) is 11.4. The van der Waals surface area contributed by atoms with Crippen LogP contribution in [0.5, 0.6) is 5.88 Å². The van der Waals surface area contributed by atoms with Gasteiger partial charge in [0.15, 0.2) is 0 Å². The molecule has 2 aromatic heterocycles. The van der Waals surface area contributed by atoms with Crippen molar-refractivity contribution in [3.8, 4) is 5.88 Å². The molecule has 0 aliphatic rings. The first kappa shape index (κ1) is 14.1. The molecule has 20 heavy (non-hydrogen) atoms. The molecule has 6 nitrogen and oxygen atoms in total. The maximum absolute atomic E-state index is 10.8. The van der Waals surface area contributed by atoms with Gasteiger partial charge in [-0.05, 0) is 11.6 Å². The third-order valence-corrected chi connectivity index (χ3v) is 2.84. The van der Waals surface area contributed by atoms with Crippen molar-refractivity contribution in [2.24, 2.45) is 0 Å².